The molecule has 94 valence electrons. The molecular weight excluding hydrogens is 200 g/mol. The number of rotatable bonds is 4. The number of ether oxygens (including phenoxy) is 1. The molecule has 0 N–H and O–H groups in total. The van der Waals surface area contributed by atoms with E-state index >= 15 is 0 Å². The summed E-state index contributed by atoms with van der Waals surface area (Å²) in [7, 11) is 0. The van der Waals surface area contributed by atoms with E-state index < -0.39 is 11.0 Å². The Hall–Kier alpha value is -0.790. The summed E-state index contributed by atoms with van der Waals surface area (Å²) in [6.45, 7) is 13.8. The molecule has 0 bridgehead atoms. The second-order valence-corrected chi connectivity index (χ2v) is 6.26. The summed E-state index contributed by atoms with van der Waals surface area (Å²) >= 11 is 0. The molecule has 0 aliphatic heterocycles. The third-order valence-electron chi connectivity index (χ3n) is 2.10. The van der Waals surface area contributed by atoms with Gasteiger partial charge in [0, 0.05) is 0 Å². The highest BCUT2D eigenvalue weighted by Gasteiger charge is 2.31. The van der Waals surface area contributed by atoms with Gasteiger partial charge in [-0.2, -0.15) is 0 Å². The van der Waals surface area contributed by atoms with Crippen LogP contribution in [-0.2, 0) is 9.53 Å². The van der Waals surface area contributed by atoms with E-state index in [1.54, 1.807) is 0 Å². The fourth-order valence-corrected chi connectivity index (χ4v) is 1.13. The first-order valence-electron chi connectivity index (χ1n) is 5.95. The minimum absolute atomic E-state index is 0.131. The minimum Gasteiger partial charge on any atom is -0.460 e. The Labute approximate surface area is 100 Å². The molecule has 0 heterocycles. The molecule has 0 amide bonds. The van der Waals surface area contributed by atoms with Crippen molar-refractivity contribution in [1.29, 1.82) is 0 Å². The number of allylic oxidation sites excluding steroid dienone is 2. The molecule has 0 unspecified atom stereocenters. The molecule has 0 aromatic carbocycles. The molecule has 2 nitrogen and oxygen atoms in total. The second kappa shape index (κ2) is 5.51. The topological polar surface area (TPSA) is 26.3 Å². The van der Waals surface area contributed by atoms with Crippen molar-refractivity contribution < 1.29 is 9.53 Å². The minimum atomic E-state index is -0.446. The molecular formula is C14H26O2. The van der Waals surface area contributed by atoms with E-state index in [1.165, 1.54) is 0 Å². The van der Waals surface area contributed by atoms with Crippen molar-refractivity contribution in [3.05, 3.63) is 12.2 Å². The van der Waals surface area contributed by atoms with Crippen LogP contribution in [0.1, 0.15) is 54.9 Å². The standard InChI is InChI=1S/C14H26O2/c1-11(2)9-8-10-14(6,7)12(15)16-13(3,4)5/h8-9,11H,10H2,1-7H3/b9-8+. The Bertz CT molecular complexity index is 254. The Kier molecular flexibility index (Phi) is 5.24. The number of hydrogen-bond donors (Lipinski definition) is 0. The maximum absolute atomic E-state index is 11.9. The molecule has 0 fully saturated rings. The molecule has 0 aliphatic rings. The van der Waals surface area contributed by atoms with Crippen LogP contribution in [0.15, 0.2) is 12.2 Å². The van der Waals surface area contributed by atoms with Crippen LogP contribution in [0.2, 0.25) is 0 Å². The van der Waals surface area contributed by atoms with Gasteiger partial charge in [0.15, 0.2) is 0 Å². The molecule has 0 aromatic rings. The number of esters is 1. The van der Waals surface area contributed by atoms with Crippen LogP contribution in [0.5, 0.6) is 0 Å². The smallest absolute Gasteiger partial charge is 0.312 e. The van der Waals surface area contributed by atoms with Crippen LogP contribution in [-0.4, -0.2) is 11.6 Å². The van der Waals surface area contributed by atoms with E-state index in [4.69, 9.17) is 4.74 Å². The fraction of sp³-hybridized carbons (Fsp3) is 0.786. The van der Waals surface area contributed by atoms with Gasteiger partial charge in [0.1, 0.15) is 5.60 Å². The van der Waals surface area contributed by atoms with Crippen LogP contribution in [0.25, 0.3) is 0 Å². The van der Waals surface area contributed by atoms with Gasteiger partial charge in [0.05, 0.1) is 5.41 Å². The van der Waals surface area contributed by atoms with Gasteiger partial charge in [-0.25, -0.2) is 0 Å². The lowest BCUT2D eigenvalue weighted by atomic mass is 9.88. The number of carbonyl (C=O) groups is 1. The Morgan fingerprint density at radius 3 is 2.06 bits per heavy atom. The summed E-state index contributed by atoms with van der Waals surface area (Å²) in [6.07, 6.45) is 4.90. The number of carbonyl (C=O) groups excluding carboxylic acids is 1. The van der Waals surface area contributed by atoms with Crippen molar-refractivity contribution in [2.24, 2.45) is 11.3 Å². The highest BCUT2D eigenvalue weighted by molar-refractivity contribution is 5.76. The maximum atomic E-state index is 11.9. The molecule has 0 saturated heterocycles. The largest absolute Gasteiger partial charge is 0.460 e. The molecule has 0 atom stereocenters. The first-order valence-corrected chi connectivity index (χ1v) is 5.95. The SMILES string of the molecule is CC(C)/C=C/CC(C)(C)C(=O)OC(C)(C)C. The van der Waals surface area contributed by atoms with Crippen molar-refractivity contribution in [3.8, 4) is 0 Å². The second-order valence-electron chi connectivity index (χ2n) is 6.26. The van der Waals surface area contributed by atoms with Gasteiger partial charge in [-0.05, 0) is 47.0 Å². The van der Waals surface area contributed by atoms with E-state index in [0.717, 1.165) is 6.42 Å². The molecule has 2 heteroatoms. The third-order valence-corrected chi connectivity index (χ3v) is 2.10. The van der Waals surface area contributed by atoms with Gasteiger partial charge in [-0.3, -0.25) is 4.79 Å². The third kappa shape index (κ3) is 6.65. The lowest BCUT2D eigenvalue weighted by molar-refractivity contribution is -0.165. The first-order chi connectivity index (χ1) is 7.04. The van der Waals surface area contributed by atoms with Crippen LogP contribution >= 0.6 is 0 Å². The van der Waals surface area contributed by atoms with E-state index in [1.807, 2.05) is 34.6 Å². The zero-order valence-electron chi connectivity index (χ0n) is 11.8. The molecule has 0 aliphatic carbocycles. The normalized spacial score (nSPS) is 13.5. The van der Waals surface area contributed by atoms with Crippen molar-refractivity contribution in [2.75, 3.05) is 0 Å². The van der Waals surface area contributed by atoms with Crippen molar-refractivity contribution in [3.63, 3.8) is 0 Å². The molecule has 0 aromatic heterocycles. The predicted molar refractivity (Wildman–Crippen MR) is 68.2 cm³/mol. The summed E-state index contributed by atoms with van der Waals surface area (Å²) in [5, 5.41) is 0. The van der Waals surface area contributed by atoms with E-state index in [0.29, 0.717) is 5.92 Å². The summed E-state index contributed by atoms with van der Waals surface area (Å²) in [4.78, 5) is 11.9. The number of hydrogen-bond acceptors (Lipinski definition) is 2. The van der Waals surface area contributed by atoms with Crippen molar-refractivity contribution in [1.82, 2.24) is 0 Å². The lowest BCUT2D eigenvalue weighted by Crippen LogP contribution is -2.33. The van der Waals surface area contributed by atoms with E-state index in [9.17, 15) is 4.79 Å². The van der Waals surface area contributed by atoms with Gasteiger partial charge in [0.2, 0.25) is 0 Å². The average molecular weight is 226 g/mol. The Balaban J connectivity index is 4.37. The van der Waals surface area contributed by atoms with Crippen molar-refractivity contribution >= 4 is 5.97 Å². The van der Waals surface area contributed by atoms with Crippen LogP contribution < -0.4 is 0 Å². The summed E-state index contributed by atoms with van der Waals surface area (Å²) in [5.74, 6) is 0.392. The summed E-state index contributed by atoms with van der Waals surface area (Å²) < 4.78 is 5.39. The molecule has 0 saturated carbocycles. The highest BCUT2D eigenvalue weighted by atomic mass is 16.6. The van der Waals surface area contributed by atoms with Gasteiger partial charge >= 0.3 is 5.97 Å². The fourth-order valence-electron chi connectivity index (χ4n) is 1.13. The molecule has 0 radical (unpaired) electrons. The predicted octanol–water partition coefficient (Wildman–Crippen LogP) is 3.96. The van der Waals surface area contributed by atoms with E-state index in [2.05, 4.69) is 26.0 Å². The molecule has 16 heavy (non-hydrogen) atoms. The zero-order valence-corrected chi connectivity index (χ0v) is 11.8. The quantitative estimate of drug-likeness (QED) is 0.536. The highest BCUT2D eigenvalue weighted by Crippen LogP contribution is 2.25. The van der Waals surface area contributed by atoms with E-state index in [-0.39, 0.29) is 5.97 Å². The summed E-state index contributed by atoms with van der Waals surface area (Å²) in [6, 6.07) is 0. The maximum Gasteiger partial charge on any atom is 0.312 e. The molecule has 0 rings (SSSR count). The van der Waals surface area contributed by atoms with Gasteiger partial charge < -0.3 is 4.74 Å². The summed E-state index contributed by atoms with van der Waals surface area (Å²) in [5.41, 5.74) is -0.852. The van der Waals surface area contributed by atoms with Crippen LogP contribution in [0.4, 0.5) is 0 Å². The van der Waals surface area contributed by atoms with Crippen molar-refractivity contribution in [2.45, 2.75) is 60.5 Å². The van der Waals surface area contributed by atoms with Crippen LogP contribution in [0.3, 0.4) is 0 Å². The zero-order chi connectivity index (χ0) is 13.0. The van der Waals surface area contributed by atoms with Gasteiger partial charge in [0.25, 0.3) is 0 Å². The average Bonchev–Trinajstić information content (AvgIpc) is 1.99. The first kappa shape index (κ1) is 15.2. The van der Waals surface area contributed by atoms with Gasteiger partial charge in [-0.15, -0.1) is 0 Å². The Morgan fingerprint density at radius 2 is 1.69 bits per heavy atom. The van der Waals surface area contributed by atoms with Gasteiger partial charge in [-0.1, -0.05) is 26.0 Å². The lowest BCUT2D eigenvalue weighted by Gasteiger charge is -2.27. The monoisotopic (exact) mass is 226 g/mol. The Morgan fingerprint density at radius 1 is 1.19 bits per heavy atom. The molecule has 0 spiro atoms. The van der Waals surface area contributed by atoms with Crippen LogP contribution in [0, 0.1) is 11.3 Å².